The fraction of sp³-hybridized carbons (Fsp3) is 0.857. The van der Waals surface area contributed by atoms with Crippen LogP contribution >= 0.6 is 0 Å². The zero-order valence-electron chi connectivity index (χ0n) is 11.7. The first-order valence-corrected chi connectivity index (χ1v) is 7.11. The molecule has 5 heteroatoms. The smallest absolute Gasteiger partial charge is 0.303 e. The number of rotatable bonds is 7. The summed E-state index contributed by atoms with van der Waals surface area (Å²) in [4.78, 5) is 22.2. The molecule has 1 aliphatic rings. The van der Waals surface area contributed by atoms with Gasteiger partial charge in [0.05, 0.1) is 12.1 Å². The molecule has 0 aliphatic heterocycles. The van der Waals surface area contributed by atoms with E-state index in [0.29, 0.717) is 25.2 Å². The number of nitrogens with one attached hydrogen (secondary N) is 1. The number of hydrogen-bond acceptors (Lipinski definition) is 3. The van der Waals surface area contributed by atoms with Gasteiger partial charge in [0.1, 0.15) is 0 Å². The van der Waals surface area contributed by atoms with E-state index in [9.17, 15) is 14.7 Å². The Morgan fingerprint density at radius 2 is 2.00 bits per heavy atom. The van der Waals surface area contributed by atoms with Crippen LogP contribution in [-0.4, -0.2) is 34.2 Å². The maximum absolute atomic E-state index is 11.9. The van der Waals surface area contributed by atoms with Gasteiger partial charge in [-0.1, -0.05) is 19.8 Å². The van der Waals surface area contributed by atoms with E-state index in [4.69, 9.17) is 5.11 Å². The third kappa shape index (κ3) is 5.59. The van der Waals surface area contributed by atoms with Crippen LogP contribution in [0.5, 0.6) is 0 Å². The summed E-state index contributed by atoms with van der Waals surface area (Å²) in [5.74, 6) is -0.380. The Bertz CT molecular complexity index is 319. The van der Waals surface area contributed by atoms with Crippen molar-refractivity contribution in [3.63, 3.8) is 0 Å². The third-order valence-corrected chi connectivity index (χ3v) is 3.84. The summed E-state index contributed by atoms with van der Waals surface area (Å²) in [6.07, 6.45) is 5.37. The number of amides is 1. The average molecular weight is 271 g/mol. The molecule has 0 bridgehead atoms. The third-order valence-electron chi connectivity index (χ3n) is 3.84. The highest BCUT2D eigenvalue weighted by Crippen LogP contribution is 2.32. The van der Waals surface area contributed by atoms with Crippen molar-refractivity contribution in [2.24, 2.45) is 5.92 Å². The van der Waals surface area contributed by atoms with Crippen molar-refractivity contribution < 1.29 is 19.8 Å². The van der Waals surface area contributed by atoms with Crippen molar-refractivity contribution in [2.45, 2.75) is 63.8 Å². The van der Waals surface area contributed by atoms with Gasteiger partial charge in [-0.3, -0.25) is 9.59 Å². The van der Waals surface area contributed by atoms with Crippen LogP contribution in [0.15, 0.2) is 0 Å². The van der Waals surface area contributed by atoms with Crippen LogP contribution in [0.1, 0.15) is 58.3 Å². The largest absolute Gasteiger partial charge is 0.481 e. The van der Waals surface area contributed by atoms with Crippen LogP contribution in [0.3, 0.4) is 0 Å². The molecule has 0 saturated heterocycles. The van der Waals surface area contributed by atoms with Crippen LogP contribution in [0.25, 0.3) is 0 Å². The van der Waals surface area contributed by atoms with Gasteiger partial charge in [-0.15, -0.1) is 0 Å². The van der Waals surface area contributed by atoms with E-state index in [1.54, 1.807) is 0 Å². The van der Waals surface area contributed by atoms with Gasteiger partial charge in [0.2, 0.25) is 5.91 Å². The van der Waals surface area contributed by atoms with Gasteiger partial charge in [-0.25, -0.2) is 0 Å². The number of carbonyl (C=O) groups is 2. The number of unbranched alkanes of at least 4 members (excludes halogenated alkanes) is 1. The Hall–Kier alpha value is -1.10. The first-order chi connectivity index (χ1) is 8.97. The second-order valence-electron chi connectivity index (χ2n) is 5.79. The van der Waals surface area contributed by atoms with E-state index in [-0.39, 0.29) is 18.9 Å². The molecule has 0 aromatic heterocycles. The lowest BCUT2D eigenvalue weighted by molar-refractivity contribution is -0.137. The quantitative estimate of drug-likeness (QED) is 0.615. The lowest BCUT2D eigenvalue weighted by atomic mass is 9.76. The van der Waals surface area contributed by atoms with Crippen molar-refractivity contribution in [1.29, 1.82) is 0 Å². The summed E-state index contributed by atoms with van der Waals surface area (Å²) < 4.78 is 0. The standard InChI is InChI=1S/C14H25NO4/c1-11-5-4-8-14(9-11,10-16)15-12(17)6-2-3-7-13(18)19/h11,16H,2-10H2,1H3,(H,15,17)(H,18,19). The second kappa shape index (κ2) is 7.48. The van der Waals surface area contributed by atoms with E-state index in [2.05, 4.69) is 12.2 Å². The zero-order valence-corrected chi connectivity index (χ0v) is 11.7. The number of aliphatic hydroxyl groups excluding tert-OH is 1. The van der Waals surface area contributed by atoms with Crippen molar-refractivity contribution in [2.75, 3.05) is 6.61 Å². The van der Waals surface area contributed by atoms with Crippen molar-refractivity contribution in [3.05, 3.63) is 0 Å². The molecule has 2 unspecified atom stereocenters. The lowest BCUT2D eigenvalue weighted by Crippen LogP contribution is -2.53. The van der Waals surface area contributed by atoms with E-state index in [1.165, 1.54) is 0 Å². The highest BCUT2D eigenvalue weighted by molar-refractivity contribution is 5.76. The highest BCUT2D eigenvalue weighted by atomic mass is 16.4. The van der Waals surface area contributed by atoms with Gasteiger partial charge in [-0.05, 0) is 31.6 Å². The minimum Gasteiger partial charge on any atom is -0.481 e. The van der Waals surface area contributed by atoms with Gasteiger partial charge >= 0.3 is 5.97 Å². The Labute approximate surface area is 114 Å². The van der Waals surface area contributed by atoms with Crippen molar-refractivity contribution in [1.82, 2.24) is 5.32 Å². The van der Waals surface area contributed by atoms with Crippen LogP contribution in [-0.2, 0) is 9.59 Å². The van der Waals surface area contributed by atoms with Crippen LogP contribution in [0.2, 0.25) is 0 Å². The zero-order chi connectivity index (χ0) is 14.3. The molecular formula is C14H25NO4. The average Bonchev–Trinajstić information content (AvgIpc) is 2.34. The molecule has 0 aromatic carbocycles. The van der Waals surface area contributed by atoms with E-state index in [0.717, 1.165) is 25.7 Å². The monoisotopic (exact) mass is 271 g/mol. The number of carbonyl (C=O) groups excluding carboxylic acids is 1. The van der Waals surface area contributed by atoms with Gasteiger partial charge < -0.3 is 15.5 Å². The van der Waals surface area contributed by atoms with E-state index in [1.807, 2.05) is 0 Å². The number of aliphatic carboxylic acids is 1. The maximum atomic E-state index is 11.9. The first kappa shape index (κ1) is 16.0. The lowest BCUT2D eigenvalue weighted by Gasteiger charge is -2.39. The fourth-order valence-corrected chi connectivity index (χ4v) is 2.88. The fourth-order valence-electron chi connectivity index (χ4n) is 2.88. The summed E-state index contributed by atoms with van der Waals surface area (Å²) in [7, 11) is 0. The molecule has 110 valence electrons. The van der Waals surface area contributed by atoms with E-state index < -0.39 is 11.5 Å². The molecule has 0 radical (unpaired) electrons. The molecule has 0 aromatic rings. The molecule has 1 aliphatic carbocycles. The maximum Gasteiger partial charge on any atom is 0.303 e. The van der Waals surface area contributed by atoms with Gasteiger partial charge in [-0.2, -0.15) is 0 Å². The predicted octanol–water partition coefficient (Wildman–Crippen LogP) is 1.69. The number of carboxylic acids is 1. The Morgan fingerprint density at radius 1 is 1.32 bits per heavy atom. The number of carboxylic acid groups (broad SMARTS) is 1. The van der Waals surface area contributed by atoms with Crippen molar-refractivity contribution in [3.8, 4) is 0 Å². The second-order valence-corrected chi connectivity index (χ2v) is 5.79. The minimum atomic E-state index is -0.826. The molecular weight excluding hydrogens is 246 g/mol. The van der Waals surface area contributed by atoms with E-state index >= 15 is 0 Å². The first-order valence-electron chi connectivity index (χ1n) is 7.11. The Morgan fingerprint density at radius 3 is 2.58 bits per heavy atom. The molecule has 1 amide bonds. The number of hydrogen-bond donors (Lipinski definition) is 3. The van der Waals surface area contributed by atoms with Gasteiger partial charge in [0.15, 0.2) is 0 Å². The number of aliphatic hydroxyl groups is 1. The topological polar surface area (TPSA) is 86.6 Å². The summed E-state index contributed by atoms with van der Waals surface area (Å²) in [5.41, 5.74) is -0.457. The summed E-state index contributed by atoms with van der Waals surface area (Å²) >= 11 is 0. The minimum absolute atomic E-state index is 0.0157. The highest BCUT2D eigenvalue weighted by Gasteiger charge is 2.35. The summed E-state index contributed by atoms with van der Waals surface area (Å²) in [6.45, 7) is 2.13. The molecule has 3 N–H and O–H groups in total. The predicted molar refractivity (Wildman–Crippen MR) is 71.7 cm³/mol. The van der Waals surface area contributed by atoms with Gasteiger partial charge in [0, 0.05) is 12.8 Å². The molecule has 1 fully saturated rings. The molecule has 2 atom stereocenters. The normalized spacial score (nSPS) is 26.9. The summed E-state index contributed by atoms with van der Waals surface area (Å²) in [5, 5.41) is 21.0. The molecule has 1 saturated carbocycles. The van der Waals surface area contributed by atoms with Crippen LogP contribution < -0.4 is 5.32 Å². The molecule has 5 nitrogen and oxygen atoms in total. The SMILES string of the molecule is CC1CCCC(CO)(NC(=O)CCCCC(=O)O)C1. The molecule has 0 spiro atoms. The molecule has 19 heavy (non-hydrogen) atoms. The Kier molecular flexibility index (Phi) is 6.28. The van der Waals surface area contributed by atoms with Crippen LogP contribution in [0.4, 0.5) is 0 Å². The van der Waals surface area contributed by atoms with Gasteiger partial charge in [0.25, 0.3) is 0 Å². The van der Waals surface area contributed by atoms with Crippen molar-refractivity contribution >= 4 is 11.9 Å². The molecule has 1 rings (SSSR count). The van der Waals surface area contributed by atoms with Crippen LogP contribution in [0, 0.1) is 5.92 Å². The molecule has 0 heterocycles. The summed E-state index contributed by atoms with van der Waals surface area (Å²) in [6, 6.07) is 0. The Balaban J connectivity index is 2.34.